The molecular formula is C19H27N3O3. The van der Waals surface area contributed by atoms with E-state index in [-0.39, 0.29) is 12.1 Å². The van der Waals surface area contributed by atoms with Gasteiger partial charge in [-0.3, -0.25) is 0 Å². The normalized spacial score (nSPS) is 12.1. The van der Waals surface area contributed by atoms with Gasteiger partial charge in [-0.2, -0.15) is 0 Å². The standard InChI is InChI=1S/C19H27N3O3/c1-14-8-9-16(18(13-14)25-12-10-21(3)4)20-19(23)22(5)15(2)17-7-6-11-24-17/h6-9,11,13,15H,10,12H2,1-5H3,(H,20,23)/t15-/m1/s1. The molecule has 0 aliphatic carbocycles. The molecule has 6 heteroatoms. The molecule has 1 N–H and O–H groups in total. The van der Waals surface area contributed by atoms with Crippen molar-refractivity contribution in [3.8, 4) is 5.75 Å². The second-order valence-electron chi connectivity index (χ2n) is 6.38. The number of furan rings is 1. The minimum Gasteiger partial charge on any atom is -0.490 e. The molecule has 2 rings (SSSR count). The molecule has 0 aliphatic heterocycles. The van der Waals surface area contributed by atoms with Crippen molar-refractivity contribution in [3.63, 3.8) is 0 Å². The first-order valence-electron chi connectivity index (χ1n) is 8.34. The van der Waals surface area contributed by atoms with Crippen LogP contribution in [0.4, 0.5) is 10.5 Å². The molecule has 0 saturated heterocycles. The Morgan fingerprint density at radius 2 is 2.04 bits per heavy atom. The van der Waals surface area contributed by atoms with Gasteiger partial charge in [-0.1, -0.05) is 6.07 Å². The number of nitrogens with one attached hydrogen (secondary N) is 1. The fraction of sp³-hybridized carbons (Fsp3) is 0.421. The van der Waals surface area contributed by atoms with Gasteiger partial charge in [0.1, 0.15) is 18.1 Å². The average molecular weight is 345 g/mol. The zero-order chi connectivity index (χ0) is 18.4. The number of likely N-dealkylation sites (N-methyl/N-ethyl adjacent to an activating group) is 1. The molecule has 0 bridgehead atoms. The van der Waals surface area contributed by atoms with Crippen molar-refractivity contribution < 1.29 is 13.9 Å². The number of ether oxygens (including phenoxy) is 1. The van der Waals surface area contributed by atoms with E-state index >= 15 is 0 Å². The number of nitrogens with zero attached hydrogens (tertiary/aromatic N) is 2. The fourth-order valence-corrected chi connectivity index (χ4v) is 2.29. The van der Waals surface area contributed by atoms with Crippen LogP contribution in [-0.2, 0) is 0 Å². The first-order valence-corrected chi connectivity index (χ1v) is 8.34. The quantitative estimate of drug-likeness (QED) is 0.830. The molecule has 0 spiro atoms. The van der Waals surface area contributed by atoms with Gasteiger partial charge in [-0.25, -0.2) is 4.79 Å². The predicted molar refractivity (Wildman–Crippen MR) is 99.1 cm³/mol. The Morgan fingerprint density at radius 3 is 2.68 bits per heavy atom. The zero-order valence-electron chi connectivity index (χ0n) is 15.6. The van der Waals surface area contributed by atoms with Gasteiger partial charge in [-0.15, -0.1) is 0 Å². The molecule has 0 saturated carbocycles. The Hall–Kier alpha value is -2.47. The number of rotatable bonds is 7. The molecule has 2 aromatic rings. The molecule has 136 valence electrons. The van der Waals surface area contributed by atoms with Crippen LogP contribution >= 0.6 is 0 Å². The zero-order valence-corrected chi connectivity index (χ0v) is 15.6. The van der Waals surface area contributed by atoms with Gasteiger partial charge in [0.2, 0.25) is 0 Å². The van der Waals surface area contributed by atoms with Crippen LogP contribution < -0.4 is 10.1 Å². The molecule has 0 radical (unpaired) electrons. The van der Waals surface area contributed by atoms with E-state index in [0.717, 1.165) is 17.9 Å². The summed E-state index contributed by atoms with van der Waals surface area (Å²) in [5, 5.41) is 2.93. The van der Waals surface area contributed by atoms with Crippen LogP contribution in [0.1, 0.15) is 24.3 Å². The van der Waals surface area contributed by atoms with Crippen molar-refractivity contribution >= 4 is 11.7 Å². The SMILES string of the molecule is Cc1ccc(NC(=O)N(C)[C@H](C)c2ccco2)c(OCCN(C)C)c1. The van der Waals surface area contributed by atoms with Crippen LogP contribution in [0.5, 0.6) is 5.75 Å². The molecule has 1 heterocycles. The topological polar surface area (TPSA) is 58.0 Å². The number of anilines is 1. The van der Waals surface area contributed by atoms with E-state index in [0.29, 0.717) is 18.0 Å². The summed E-state index contributed by atoms with van der Waals surface area (Å²) in [6.07, 6.45) is 1.61. The van der Waals surface area contributed by atoms with E-state index in [4.69, 9.17) is 9.15 Å². The lowest BCUT2D eigenvalue weighted by molar-refractivity contribution is 0.200. The summed E-state index contributed by atoms with van der Waals surface area (Å²) in [4.78, 5) is 16.2. The lowest BCUT2D eigenvalue weighted by atomic mass is 10.2. The first kappa shape index (κ1) is 18.9. The van der Waals surface area contributed by atoms with Gasteiger partial charge in [0, 0.05) is 13.6 Å². The molecule has 0 unspecified atom stereocenters. The first-order chi connectivity index (χ1) is 11.9. The highest BCUT2D eigenvalue weighted by Crippen LogP contribution is 2.27. The summed E-state index contributed by atoms with van der Waals surface area (Å²) in [6.45, 7) is 5.27. The van der Waals surface area contributed by atoms with Crippen molar-refractivity contribution in [2.75, 3.05) is 39.6 Å². The highest BCUT2D eigenvalue weighted by molar-refractivity contribution is 5.91. The third kappa shape index (κ3) is 5.26. The Balaban J connectivity index is 2.06. The second-order valence-corrected chi connectivity index (χ2v) is 6.38. The van der Waals surface area contributed by atoms with E-state index in [1.54, 1.807) is 18.2 Å². The molecule has 1 aromatic carbocycles. The Bertz CT molecular complexity index is 683. The van der Waals surface area contributed by atoms with Crippen LogP contribution in [0.3, 0.4) is 0 Å². The molecule has 2 amide bonds. The minimum atomic E-state index is -0.217. The molecule has 0 aliphatic rings. The largest absolute Gasteiger partial charge is 0.490 e. The number of hydrogen-bond acceptors (Lipinski definition) is 4. The Morgan fingerprint density at radius 1 is 1.28 bits per heavy atom. The summed E-state index contributed by atoms with van der Waals surface area (Å²) in [5.41, 5.74) is 1.74. The average Bonchev–Trinajstić information content (AvgIpc) is 3.10. The molecule has 6 nitrogen and oxygen atoms in total. The monoisotopic (exact) mass is 345 g/mol. The molecule has 1 aromatic heterocycles. The van der Waals surface area contributed by atoms with Crippen LogP contribution in [-0.4, -0.2) is 50.1 Å². The van der Waals surface area contributed by atoms with E-state index in [9.17, 15) is 4.79 Å². The number of urea groups is 1. The van der Waals surface area contributed by atoms with E-state index in [1.807, 2.05) is 63.2 Å². The highest BCUT2D eigenvalue weighted by atomic mass is 16.5. The Kier molecular flexibility index (Phi) is 6.47. The predicted octanol–water partition coefficient (Wildman–Crippen LogP) is 3.75. The van der Waals surface area contributed by atoms with Crippen molar-refractivity contribution in [2.45, 2.75) is 19.9 Å². The van der Waals surface area contributed by atoms with Gasteiger partial charge in [0.15, 0.2) is 0 Å². The van der Waals surface area contributed by atoms with Crippen molar-refractivity contribution in [1.82, 2.24) is 9.80 Å². The van der Waals surface area contributed by atoms with Crippen molar-refractivity contribution in [1.29, 1.82) is 0 Å². The number of carbonyl (C=O) groups excluding carboxylic acids is 1. The molecular weight excluding hydrogens is 318 g/mol. The maximum absolute atomic E-state index is 12.6. The minimum absolute atomic E-state index is 0.168. The van der Waals surface area contributed by atoms with Gasteiger partial charge in [-0.05, 0) is 57.8 Å². The highest BCUT2D eigenvalue weighted by Gasteiger charge is 2.20. The maximum atomic E-state index is 12.6. The van der Waals surface area contributed by atoms with Gasteiger partial charge < -0.3 is 24.3 Å². The molecule has 1 atom stereocenters. The summed E-state index contributed by atoms with van der Waals surface area (Å²) in [6, 6.07) is 9.03. The van der Waals surface area contributed by atoms with Crippen LogP contribution in [0.2, 0.25) is 0 Å². The van der Waals surface area contributed by atoms with Crippen LogP contribution in [0.25, 0.3) is 0 Å². The van der Waals surface area contributed by atoms with E-state index in [2.05, 4.69) is 5.32 Å². The number of amides is 2. The number of hydrogen-bond donors (Lipinski definition) is 1. The maximum Gasteiger partial charge on any atom is 0.322 e. The second kappa shape index (κ2) is 8.58. The van der Waals surface area contributed by atoms with Crippen LogP contribution in [0, 0.1) is 6.92 Å². The summed E-state index contributed by atoms with van der Waals surface area (Å²) in [5.74, 6) is 1.42. The number of benzene rings is 1. The van der Waals surface area contributed by atoms with Crippen LogP contribution in [0.15, 0.2) is 41.0 Å². The van der Waals surface area contributed by atoms with Gasteiger partial charge in [0.25, 0.3) is 0 Å². The van der Waals surface area contributed by atoms with Gasteiger partial charge >= 0.3 is 6.03 Å². The Labute approximate surface area is 149 Å². The summed E-state index contributed by atoms with van der Waals surface area (Å²) in [7, 11) is 5.73. The van der Waals surface area contributed by atoms with Crippen molar-refractivity contribution in [2.24, 2.45) is 0 Å². The van der Waals surface area contributed by atoms with E-state index in [1.165, 1.54) is 0 Å². The number of carbonyl (C=O) groups is 1. The lowest BCUT2D eigenvalue weighted by Gasteiger charge is -2.24. The third-order valence-electron chi connectivity index (χ3n) is 4.03. The fourth-order valence-electron chi connectivity index (χ4n) is 2.29. The van der Waals surface area contributed by atoms with Crippen molar-refractivity contribution in [3.05, 3.63) is 47.9 Å². The van der Waals surface area contributed by atoms with Gasteiger partial charge in [0.05, 0.1) is 18.0 Å². The lowest BCUT2D eigenvalue weighted by Crippen LogP contribution is -2.33. The summed E-state index contributed by atoms with van der Waals surface area (Å²) < 4.78 is 11.2. The molecule has 25 heavy (non-hydrogen) atoms. The third-order valence-corrected chi connectivity index (χ3v) is 4.03. The summed E-state index contributed by atoms with van der Waals surface area (Å²) >= 11 is 0. The number of aryl methyl sites for hydroxylation is 1. The molecule has 0 fully saturated rings. The smallest absolute Gasteiger partial charge is 0.322 e. The van der Waals surface area contributed by atoms with E-state index < -0.39 is 0 Å².